The second-order valence-corrected chi connectivity index (χ2v) is 3.05. The average Bonchev–Trinajstić information content (AvgIpc) is 2.53. The molecule has 1 heterocycles. The van der Waals surface area contributed by atoms with Crippen molar-refractivity contribution >= 4 is 0 Å². The standard InChI is InChI=1S/C11H11N2/c1-9-3-5-11(6-4-9)13-8-7-12-10(13)2/h3-8H,2H2,1H3. The Balaban J connectivity index is 2.47. The zero-order valence-corrected chi connectivity index (χ0v) is 7.57. The van der Waals surface area contributed by atoms with Crippen LogP contribution in [0.5, 0.6) is 0 Å². The van der Waals surface area contributed by atoms with E-state index in [1.807, 2.05) is 10.8 Å². The second-order valence-electron chi connectivity index (χ2n) is 3.05. The minimum Gasteiger partial charge on any atom is -0.304 e. The normalized spacial score (nSPS) is 10.3. The molecule has 1 aromatic carbocycles. The minimum absolute atomic E-state index is 0.767. The first-order chi connectivity index (χ1) is 6.27. The van der Waals surface area contributed by atoms with Crippen LogP contribution in [0, 0.1) is 13.8 Å². The van der Waals surface area contributed by atoms with E-state index in [4.69, 9.17) is 0 Å². The van der Waals surface area contributed by atoms with Crippen molar-refractivity contribution in [3.8, 4) is 5.69 Å². The summed E-state index contributed by atoms with van der Waals surface area (Å²) in [5.74, 6) is 0.767. The summed E-state index contributed by atoms with van der Waals surface area (Å²) in [6.45, 7) is 5.90. The van der Waals surface area contributed by atoms with Gasteiger partial charge in [0.25, 0.3) is 0 Å². The fourth-order valence-electron chi connectivity index (χ4n) is 1.27. The average molecular weight is 171 g/mol. The summed E-state index contributed by atoms with van der Waals surface area (Å²) < 4.78 is 1.96. The molecule has 0 unspecified atom stereocenters. The predicted molar refractivity (Wildman–Crippen MR) is 52.8 cm³/mol. The first-order valence-electron chi connectivity index (χ1n) is 4.20. The highest BCUT2D eigenvalue weighted by Crippen LogP contribution is 2.10. The number of rotatable bonds is 1. The van der Waals surface area contributed by atoms with Gasteiger partial charge in [0.2, 0.25) is 0 Å². The third-order valence-electron chi connectivity index (χ3n) is 2.03. The van der Waals surface area contributed by atoms with Crippen molar-refractivity contribution < 1.29 is 0 Å². The van der Waals surface area contributed by atoms with Crippen molar-refractivity contribution in [3.63, 3.8) is 0 Å². The first-order valence-corrected chi connectivity index (χ1v) is 4.20. The molecule has 2 rings (SSSR count). The summed E-state index contributed by atoms with van der Waals surface area (Å²) in [5.41, 5.74) is 2.36. The molecule has 0 saturated heterocycles. The molecular formula is C11H11N2. The number of nitrogens with zero attached hydrogens (tertiary/aromatic N) is 2. The maximum absolute atomic E-state index is 4.07. The van der Waals surface area contributed by atoms with Gasteiger partial charge in [-0.15, -0.1) is 0 Å². The Kier molecular flexibility index (Phi) is 1.89. The molecule has 13 heavy (non-hydrogen) atoms. The third-order valence-corrected chi connectivity index (χ3v) is 2.03. The molecule has 0 aliphatic heterocycles. The van der Waals surface area contributed by atoms with Crippen LogP contribution in [0.15, 0.2) is 36.7 Å². The van der Waals surface area contributed by atoms with Gasteiger partial charge in [-0.2, -0.15) is 0 Å². The molecular weight excluding hydrogens is 160 g/mol. The van der Waals surface area contributed by atoms with Crippen molar-refractivity contribution in [2.24, 2.45) is 0 Å². The van der Waals surface area contributed by atoms with Crippen molar-refractivity contribution in [2.45, 2.75) is 6.92 Å². The molecule has 0 N–H and O–H groups in total. The van der Waals surface area contributed by atoms with Gasteiger partial charge in [0, 0.05) is 25.0 Å². The summed E-state index contributed by atoms with van der Waals surface area (Å²) in [6, 6.07) is 8.28. The van der Waals surface area contributed by atoms with Crippen LogP contribution < -0.4 is 0 Å². The lowest BCUT2D eigenvalue weighted by molar-refractivity contribution is 1.01. The molecule has 0 fully saturated rings. The number of aromatic nitrogens is 2. The zero-order chi connectivity index (χ0) is 9.26. The van der Waals surface area contributed by atoms with Gasteiger partial charge in [-0.1, -0.05) is 17.7 Å². The highest BCUT2D eigenvalue weighted by atomic mass is 15.1. The molecule has 1 radical (unpaired) electrons. The Hall–Kier alpha value is -1.57. The molecule has 2 heteroatoms. The van der Waals surface area contributed by atoms with Crippen LogP contribution in [-0.2, 0) is 0 Å². The van der Waals surface area contributed by atoms with Crippen LogP contribution in [0.4, 0.5) is 0 Å². The molecule has 2 aromatic rings. The number of aryl methyl sites for hydroxylation is 1. The van der Waals surface area contributed by atoms with Crippen LogP contribution in [-0.4, -0.2) is 9.55 Å². The summed E-state index contributed by atoms with van der Waals surface area (Å²) >= 11 is 0. The molecule has 65 valence electrons. The zero-order valence-electron chi connectivity index (χ0n) is 7.57. The fourth-order valence-corrected chi connectivity index (χ4v) is 1.27. The van der Waals surface area contributed by atoms with Gasteiger partial charge in [0.05, 0.1) is 0 Å². The van der Waals surface area contributed by atoms with E-state index in [9.17, 15) is 0 Å². The van der Waals surface area contributed by atoms with Gasteiger partial charge >= 0.3 is 0 Å². The van der Waals surface area contributed by atoms with E-state index < -0.39 is 0 Å². The van der Waals surface area contributed by atoms with Crippen molar-refractivity contribution in [2.75, 3.05) is 0 Å². The van der Waals surface area contributed by atoms with Crippen LogP contribution in [0.1, 0.15) is 11.4 Å². The van der Waals surface area contributed by atoms with Gasteiger partial charge in [-0.25, -0.2) is 4.98 Å². The molecule has 0 saturated carbocycles. The van der Waals surface area contributed by atoms with Crippen LogP contribution in [0.3, 0.4) is 0 Å². The summed E-state index contributed by atoms with van der Waals surface area (Å²) in [7, 11) is 0. The topological polar surface area (TPSA) is 17.8 Å². The largest absolute Gasteiger partial charge is 0.304 e. The monoisotopic (exact) mass is 171 g/mol. The van der Waals surface area contributed by atoms with E-state index in [1.165, 1.54) is 5.56 Å². The number of hydrogen-bond acceptors (Lipinski definition) is 1. The van der Waals surface area contributed by atoms with E-state index in [0.717, 1.165) is 11.5 Å². The van der Waals surface area contributed by atoms with E-state index in [1.54, 1.807) is 6.20 Å². The van der Waals surface area contributed by atoms with Gasteiger partial charge < -0.3 is 4.57 Å². The Morgan fingerprint density at radius 2 is 1.92 bits per heavy atom. The lowest BCUT2D eigenvalue weighted by Gasteiger charge is -2.04. The van der Waals surface area contributed by atoms with Crippen LogP contribution >= 0.6 is 0 Å². The number of benzene rings is 1. The summed E-state index contributed by atoms with van der Waals surface area (Å²) in [5, 5.41) is 0. The fraction of sp³-hybridized carbons (Fsp3) is 0.0909. The number of imidazole rings is 1. The molecule has 0 atom stereocenters. The van der Waals surface area contributed by atoms with Crippen LogP contribution in [0.25, 0.3) is 5.69 Å². The third kappa shape index (κ3) is 1.47. The highest BCUT2D eigenvalue weighted by Gasteiger charge is 1.98. The Morgan fingerprint density at radius 1 is 1.23 bits per heavy atom. The van der Waals surface area contributed by atoms with Gasteiger partial charge in [0.15, 0.2) is 0 Å². The molecule has 0 spiro atoms. The van der Waals surface area contributed by atoms with Crippen molar-refractivity contribution in [3.05, 3.63) is 55.0 Å². The maximum Gasteiger partial charge on any atom is 0.113 e. The molecule has 0 amide bonds. The SMILES string of the molecule is [CH2]c1nccn1-c1ccc(C)cc1. The molecule has 0 bridgehead atoms. The second kappa shape index (κ2) is 3.05. The quantitative estimate of drug-likeness (QED) is 0.644. The molecule has 0 aliphatic carbocycles. The highest BCUT2D eigenvalue weighted by molar-refractivity contribution is 5.35. The molecule has 0 aliphatic rings. The first kappa shape index (κ1) is 8.05. The summed E-state index contributed by atoms with van der Waals surface area (Å²) in [4.78, 5) is 4.07. The smallest absolute Gasteiger partial charge is 0.113 e. The van der Waals surface area contributed by atoms with E-state index in [2.05, 4.69) is 43.1 Å². The van der Waals surface area contributed by atoms with Crippen molar-refractivity contribution in [1.82, 2.24) is 9.55 Å². The van der Waals surface area contributed by atoms with Crippen LogP contribution in [0.2, 0.25) is 0 Å². The van der Waals surface area contributed by atoms with E-state index in [0.29, 0.717) is 0 Å². The molecule has 1 aromatic heterocycles. The van der Waals surface area contributed by atoms with E-state index >= 15 is 0 Å². The van der Waals surface area contributed by atoms with Gasteiger partial charge in [-0.3, -0.25) is 0 Å². The Morgan fingerprint density at radius 3 is 2.46 bits per heavy atom. The predicted octanol–water partition coefficient (Wildman–Crippen LogP) is 2.36. The lowest BCUT2D eigenvalue weighted by atomic mass is 10.2. The Bertz CT molecular complexity index is 398. The molecule has 2 nitrogen and oxygen atoms in total. The van der Waals surface area contributed by atoms with Crippen molar-refractivity contribution in [1.29, 1.82) is 0 Å². The van der Waals surface area contributed by atoms with Gasteiger partial charge in [0.1, 0.15) is 5.82 Å². The van der Waals surface area contributed by atoms with Gasteiger partial charge in [-0.05, 0) is 19.1 Å². The van der Waals surface area contributed by atoms with E-state index in [-0.39, 0.29) is 0 Å². The lowest BCUT2D eigenvalue weighted by Crippen LogP contribution is -1.94. The number of hydrogen-bond donors (Lipinski definition) is 0. The Labute approximate surface area is 77.9 Å². The minimum atomic E-state index is 0.767. The maximum atomic E-state index is 4.07. The summed E-state index contributed by atoms with van der Waals surface area (Å²) in [6.07, 6.45) is 3.66.